The van der Waals surface area contributed by atoms with Crippen molar-refractivity contribution in [3.63, 3.8) is 0 Å². The standard InChI is InChI=1S/C42H68O10/c1-9-17-21-29(13-5)25-49-39(45)33-34(40(46)50-26-30(14-6)22-18-10-2)38(44)36(42(48)52-28-32(16-8)24-20-12-4)35(37(33)43)41(47)51-27-31(15-7)23-19-11-3/h29-32H,9-28H2,1-8H3. The minimum atomic E-state index is -1.28. The molecule has 10 nitrogen and oxygen atoms in total. The van der Waals surface area contributed by atoms with E-state index in [-0.39, 0.29) is 50.1 Å². The van der Waals surface area contributed by atoms with Crippen molar-refractivity contribution < 1.29 is 47.7 Å². The molecule has 0 aromatic heterocycles. The molecule has 1 aliphatic rings. The third-order valence-corrected chi connectivity index (χ3v) is 10.2. The van der Waals surface area contributed by atoms with E-state index in [2.05, 4.69) is 27.7 Å². The van der Waals surface area contributed by atoms with E-state index in [4.69, 9.17) is 18.9 Å². The van der Waals surface area contributed by atoms with Gasteiger partial charge < -0.3 is 18.9 Å². The molecule has 4 unspecified atom stereocenters. The van der Waals surface area contributed by atoms with Crippen LogP contribution in [0.15, 0.2) is 22.3 Å². The predicted octanol–water partition coefficient (Wildman–Crippen LogP) is 8.77. The number of esters is 4. The minimum Gasteiger partial charge on any atom is -0.462 e. The molecule has 0 aromatic carbocycles. The van der Waals surface area contributed by atoms with Crippen molar-refractivity contribution in [3.05, 3.63) is 22.3 Å². The number of carbonyl (C=O) groups excluding carboxylic acids is 6. The third kappa shape index (κ3) is 15.0. The van der Waals surface area contributed by atoms with Gasteiger partial charge in [0, 0.05) is 0 Å². The summed E-state index contributed by atoms with van der Waals surface area (Å²) in [6.07, 6.45) is 13.3. The summed E-state index contributed by atoms with van der Waals surface area (Å²) in [7, 11) is 0. The number of Topliss-reactive ketones (excluding diaryl/α,β-unsaturated/α-hetero) is 2. The Kier molecular flexibility index (Phi) is 23.8. The van der Waals surface area contributed by atoms with Gasteiger partial charge in [0.2, 0.25) is 11.6 Å². The van der Waals surface area contributed by atoms with Gasteiger partial charge >= 0.3 is 23.9 Å². The zero-order valence-corrected chi connectivity index (χ0v) is 33.5. The van der Waals surface area contributed by atoms with Gasteiger partial charge in [-0.15, -0.1) is 0 Å². The molecule has 0 radical (unpaired) electrons. The lowest BCUT2D eigenvalue weighted by atomic mass is 9.83. The number of hydrogen-bond acceptors (Lipinski definition) is 10. The molecule has 52 heavy (non-hydrogen) atoms. The molecule has 10 heteroatoms. The number of ether oxygens (including phenoxy) is 4. The first-order valence-corrected chi connectivity index (χ1v) is 20.3. The number of carbonyl (C=O) groups is 6. The topological polar surface area (TPSA) is 139 Å². The highest BCUT2D eigenvalue weighted by Gasteiger charge is 2.48. The first-order valence-electron chi connectivity index (χ1n) is 20.3. The van der Waals surface area contributed by atoms with Gasteiger partial charge in [-0.2, -0.15) is 0 Å². The van der Waals surface area contributed by atoms with Crippen LogP contribution < -0.4 is 0 Å². The quantitative estimate of drug-likeness (QED) is 0.0332. The highest BCUT2D eigenvalue weighted by atomic mass is 16.5. The number of hydrogen-bond donors (Lipinski definition) is 0. The lowest BCUT2D eigenvalue weighted by molar-refractivity contribution is -0.149. The van der Waals surface area contributed by atoms with Crippen molar-refractivity contribution in [2.75, 3.05) is 26.4 Å². The fraction of sp³-hybridized carbons (Fsp3) is 0.762. The van der Waals surface area contributed by atoms with Gasteiger partial charge in [-0.05, 0) is 49.4 Å². The second kappa shape index (κ2) is 26.5. The second-order valence-corrected chi connectivity index (χ2v) is 14.2. The third-order valence-electron chi connectivity index (χ3n) is 10.2. The number of unbranched alkanes of at least 4 members (excludes halogenated alkanes) is 4. The molecule has 0 saturated heterocycles. The van der Waals surface area contributed by atoms with Crippen LogP contribution in [0.1, 0.15) is 158 Å². The van der Waals surface area contributed by atoms with E-state index >= 15 is 0 Å². The average Bonchev–Trinajstić information content (AvgIpc) is 3.14. The van der Waals surface area contributed by atoms with E-state index in [1.165, 1.54) is 0 Å². The number of rotatable bonds is 28. The summed E-state index contributed by atoms with van der Waals surface area (Å²) in [4.78, 5) is 83.8. The highest BCUT2D eigenvalue weighted by Crippen LogP contribution is 2.31. The predicted molar refractivity (Wildman–Crippen MR) is 201 cm³/mol. The smallest absolute Gasteiger partial charge is 0.343 e. The second-order valence-electron chi connectivity index (χ2n) is 14.2. The monoisotopic (exact) mass is 732 g/mol. The SMILES string of the molecule is CCCCC(CC)COC(=O)C1=C(C(=O)OCC(CC)CCCC)C(=O)C(C(=O)OCC(CC)CCCC)=C(C(=O)OCC(CC)CCCC)C1=O. The van der Waals surface area contributed by atoms with Crippen LogP contribution in [0, 0.1) is 23.7 Å². The summed E-state index contributed by atoms with van der Waals surface area (Å²) < 4.78 is 22.3. The van der Waals surface area contributed by atoms with Gasteiger partial charge in [0.15, 0.2) is 0 Å². The van der Waals surface area contributed by atoms with Crippen molar-refractivity contribution in [3.8, 4) is 0 Å². The molecule has 1 aliphatic carbocycles. The van der Waals surface area contributed by atoms with Crippen molar-refractivity contribution in [1.82, 2.24) is 0 Å². The fourth-order valence-corrected chi connectivity index (χ4v) is 6.14. The molecule has 0 fully saturated rings. The van der Waals surface area contributed by atoms with Gasteiger partial charge in [-0.25, -0.2) is 19.2 Å². The molecule has 296 valence electrons. The van der Waals surface area contributed by atoms with Crippen molar-refractivity contribution >= 4 is 35.4 Å². The average molecular weight is 733 g/mol. The van der Waals surface area contributed by atoms with E-state index in [0.717, 1.165) is 77.0 Å². The van der Waals surface area contributed by atoms with Crippen LogP contribution in [0.2, 0.25) is 0 Å². The molecule has 0 saturated carbocycles. The normalized spacial score (nSPS) is 15.6. The van der Waals surface area contributed by atoms with Crippen molar-refractivity contribution in [2.24, 2.45) is 23.7 Å². The van der Waals surface area contributed by atoms with Crippen molar-refractivity contribution in [1.29, 1.82) is 0 Å². The molecular formula is C42H68O10. The molecule has 0 aliphatic heterocycles. The van der Waals surface area contributed by atoms with Crippen LogP contribution in [0.4, 0.5) is 0 Å². The Hall–Kier alpha value is -3.30. The maximum Gasteiger partial charge on any atom is 0.343 e. The van der Waals surface area contributed by atoms with Crippen LogP contribution >= 0.6 is 0 Å². The first kappa shape index (κ1) is 46.7. The zero-order valence-electron chi connectivity index (χ0n) is 33.5. The van der Waals surface area contributed by atoms with Crippen LogP contribution in [0.5, 0.6) is 0 Å². The summed E-state index contributed by atoms with van der Waals surface area (Å²) in [6, 6.07) is 0. The van der Waals surface area contributed by atoms with Crippen LogP contribution in [-0.2, 0) is 47.7 Å². The zero-order chi connectivity index (χ0) is 39.1. The van der Waals surface area contributed by atoms with Gasteiger partial charge in [0.25, 0.3) is 0 Å². The Morgan fingerprint density at radius 1 is 0.385 bits per heavy atom. The van der Waals surface area contributed by atoms with Gasteiger partial charge in [0.05, 0.1) is 26.4 Å². The molecule has 0 amide bonds. The summed E-state index contributed by atoms with van der Waals surface area (Å²) in [6.45, 7) is 15.8. The maximum atomic E-state index is 14.3. The Balaban J connectivity index is 3.76. The van der Waals surface area contributed by atoms with Gasteiger partial charge in [-0.3, -0.25) is 9.59 Å². The summed E-state index contributed by atoms with van der Waals surface area (Å²) >= 11 is 0. The molecule has 4 atom stereocenters. The molecule has 0 spiro atoms. The van der Waals surface area contributed by atoms with Crippen LogP contribution in [-0.4, -0.2) is 61.9 Å². The summed E-state index contributed by atoms with van der Waals surface area (Å²) in [5, 5.41) is 0. The lowest BCUT2D eigenvalue weighted by Crippen LogP contribution is -2.39. The minimum absolute atomic E-state index is 0.0167. The Bertz CT molecular complexity index is 1050. The number of ketones is 2. The molecule has 0 N–H and O–H groups in total. The molecule has 0 bridgehead atoms. The van der Waals surface area contributed by atoms with E-state index < -0.39 is 57.7 Å². The Morgan fingerprint density at radius 2 is 0.577 bits per heavy atom. The van der Waals surface area contributed by atoms with E-state index in [1.54, 1.807) is 0 Å². The molecule has 0 aromatic rings. The van der Waals surface area contributed by atoms with Gasteiger partial charge in [-0.1, -0.05) is 132 Å². The van der Waals surface area contributed by atoms with Crippen molar-refractivity contribution in [2.45, 2.75) is 158 Å². The van der Waals surface area contributed by atoms with E-state index in [0.29, 0.717) is 25.7 Å². The van der Waals surface area contributed by atoms with Crippen LogP contribution in [0.25, 0.3) is 0 Å². The maximum absolute atomic E-state index is 14.3. The first-order chi connectivity index (χ1) is 25.0. The lowest BCUT2D eigenvalue weighted by Gasteiger charge is -2.23. The Morgan fingerprint density at radius 3 is 0.731 bits per heavy atom. The van der Waals surface area contributed by atoms with Crippen LogP contribution in [0.3, 0.4) is 0 Å². The molecular weight excluding hydrogens is 664 g/mol. The largest absolute Gasteiger partial charge is 0.462 e. The molecule has 0 heterocycles. The summed E-state index contributed by atoms with van der Waals surface area (Å²) in [5.41, 5.74) is -3.67. The summed E-state index contributed by atoms with van der Waals surface area (Å²) in [5.74, 6) is -7.54. The van der Waals surface area contributed by atoms with Gasteiger partial charge in [0.1, 0.15) is 22.3 Å². The molecule has 1 rings (SSSR count). The highest BCUT2D eigenvalue weighted by molar-refractivity contribution is 6.49. The fourth-order valence-electron chi connectivity index (χ4n) is 6.14. The van der Waals surface area contributed by atoms with E-state index in [1.807, 2.05) is 27.7 Å². The van der Waals surface area contributed by atoms with E-state index in [9.17, 15) is 28.8 Å². The Labute approximate surface area is 313 Å².